The highest BCUT2D eigenvalue weighted by atomic mass is 16.5. The first-order chi connectivity index (χ1) is 11.3. The number of urea groups is 1. The fourth-order valence-electron chi connectivity index (χ4n) is 2.22. The van der Waals surface area contributed by atoms with Gasteiger partial charge in [-0.1, -0.05) is 49.4 Å². The van der Waals surface area contributed by atoms with Crippen molar-refractivity contribution in [3.63, 3.8) is 0 Å². The normalized spacial score (nSPS) is 10.1. The van der Waals surface area contributed by atoms with Crippen LogP contribution < -0.4 is 15.4 Å². The fourth-order valence-corrected chi connectivity index (χ4v) is 2.22. The Morgan fingerprint density at radius 3 is 2.48 bits per heavy atom. The average molecular weight is 312 g/mol. The maximum atomic E-state index is 11.7. The van der Waals surface area contributed by atoms with Crippen molar-refractivity contribution in [2.45, 2.75) is 19.8 Å². The number of benzene rings is 2. The highest BCUT2D eigenvalue weighted by molar-refractivity contribution is 5.73. The molecule has 2 N–H and O–H groups in total. The van der Waals surface area contributed by atoms with E-state index in [-0.39, 0.29) is 6.03 Å². The van der Waals surface area contributed by atoms with Gasteiger partial charge in [-0.3, -0.25) is 0 Å². The molecule has 0 aromatic heterocycles. The molecule has 0 aliphatic rings. The molecule has 2 aromatic carbocycles. The van der Waals surface area contributed by atoms with Gasteiger partial charge in [0.2, 0.25) is 0 Å². The number of ether oxygens (including phenoxy) is 1. The third kappa shape index (κ3) is 6.43. The molecule has 122 valence electrons. The second-order valence-corrected chi connectivity index (χ2v) is 5.27. The Bertz CT molecular complexity index is 599. The molecule has 4 heteroatoms. The molecule has 0 fully saturated rings. The van der Waals surface area contributed by atoms with Crippen LogP contribution in [0.25, 0.3) is 0 Å². The van der Waals surface area contributed by atoms with Gasteiger partial charge in [0.15, 0.2) is 0 Å². The Morgan fingerprint density at radius 1 is 0.957 bits per heavy atom. The fraction of sp³-hybridized carbons (Fsp3) is 0.316. The van der Waals surface area contributed by atoms with Gasteiger partial charge in [-0.2, -0.15) is 0 Å². The Balaban J connectivity index is 1.57. The summed E-state index contributed by atoms with van der Waals surface area (Å²) in [6.45, 7) is 3.67. The predicted octanol–water partition coefficient (Wildman–Crippen LogP) is 3.17. The predicted molar refractivity (Wildman–Crippen MR) is 92.9 cm³/mol. The van der Waals surface area contributed by atoms with Crippen LogP contribution in [-0.4, -0.2) is 25.7 Å². The van der Waals surface area contributed by atoms with Gasteiger partial charge in [-0.15, -0.1) is 0 Å². The van der Waals surface area contributed by atoms with Crippen LogP contribution in [-0.2, 0) is 12.8 Å². The minimum atomic E-state index is -0.160. The quantitative estimate of drug-likeness (QED) is 0.736. The lowest BCUT2D eigenvalue weighted by molar-refractivity contribution is 0.236. The zero-order valence-electron chi connectivity index (χ0n) is 13.5. The number of carbonyl (C=O) groups is 1. The van der Waals surface area contributed by atoms with E-state index in [1.54, 1.807) is 0 Å². The number of amides is 2. The number of nitrogens with one attached hydrogen (secondary N) is 2. The average Bonchev–Trinajstić information content (AvgIpc) is 2.60. The van der Waals surface area contributed by atoms with Crippen molar-refractivity contribution in [1.29, 1.82) is 0 Å². The summed E-state index contributed by atoms with van der Waals surface area (Å²) >= 11 is 0. The van der Waals surface area contributed by atoms with Crippen LogP contribution in [0, 0.1) is 0 Å². The number of hydrogen-bond donors (Lipinski definition) is 2. The van der Waals surface area contributed by atoms with E-state index in [1.165, 1.54) is 11.1 Å². The standard InChI is InChI=1S/C19H24N2O2/c1-2-16-9-6-10-18(15-16)23-14-13-21-19(22)20-12-11-17-7-4-3-5-8-17/h3-10,15H,2,11-14H2,1H3,(H2,20,21,22). The smallest absolute Gasteiger partial charge is 0.314 e. The third-order valence-electron chi connectivity index (χ3n) is 3.51. The molecular weight excluding hydrogens is 288 g/mol. The first-order valence-electron chi connectivity index (χ1n) is 8.05. The second kappa shape index (κ2) is 9.51. The SMILES string of the molecule is CCc1cccc(OCCNC(=O)NCCc2ccccc2)c1. The lowest BCUT2D eigenvalue weighted by atomic mass is 10.1. The van der Waals surface area contributed by atoms with Crippen LogP contribution >= 0.6 is 0 Å². The molecule has 0 aliphatic carbocycles. The molecule has 0 atom stereocenters. The van der Waals surface area contributed by atoms with Gasteiger partial charge >= 0.3 is 6.03 Å². The topological polar surface area (TPSA) is 50.4 Å². The van der Waals surface area contributed by atoms with Crippen molar-refractivity contribution in [2.24, 2.45) is 0 Å². The Kier molecular flexibility index (Phi) is 6.98. The summed E-state index contributed by atoms with van der Waals surface area (Å²) in [5, 5.41) is 5.64. The zero-order chi connectivity index (χ0) is 16.3. The molecule has 0 radical (unpaired) electrons. The summed E-state index contributed by atoms with van der Waals surface area (Å²) < 4.78 is 5.63. The van der Waals surface area contributed by atoms with Gasteiger partial charge < -0.3 is 15.4 Å². The zero-order valence-corrected chi connectivity index (χ0v) is 13.5. The van der Waals surface area contributed by atoms with Crippen LogP contribution in [0.5, 0.6) is 5.75 Å². The number of hydrogen-bond acceptors (Lipinski definition) is 2. The minimum Gasteiger partial charge on any atom is -0.492 e. The molecule has 2 aromatic rings. The van der Waals surface area contributed by atoms with Crippen molar-refractivity contribution >= 4 is 6.03 Å². The van der Waals surface area contributed by atoms with Crippen LogP contribution in [0.1, 0.15) is 18.1 Å². The molecule has 0 unspecified atom stereocenters. The van der Waals surface area contributed by atoms with Crippen LogP contribution in [0.15, 0.2) is 54.6 Å². The molecule has 4 nitrogen and oxygen atoms in total. The summed E-state index contributed by atoms with van der Waals surface area (Å²) in [4.78, 5) is 11.7. The summed E-state index contributed by atoms with van der Waals surface area (Å²) in [6, 6.07) is 17.9. The molecule has 23 heavy (non-hydrogen) atoms. The number of aryl methyl sites for hydroxylation is 1. The van der Waals surface area contributed by atoms with Gasteiger partial charge in [0.1, 0.15) is 12.4 Å². The van der Waals surface area contributed by atoms with E-state index < -0.39 is 0 Å². The van der Waals surface area contributed by atoms with Gasteiger partial charge in [0, 0.05) is 6.54 Å². The maximum absolute atomic E-state index is 11.7. The van der Waals surface area contributed by atoms with Crippen molar-refractivity contribution in [3.05, 3.63) is 65.7 Å². The van der Waals surface area contributed by atoms with E-state index in [2.05, 4.69) is 35.8 Å². The molecule has 0 heterocycles. The van der Waals surface area contributed by atoms with Gasteiger partial charge in [-0.05, 0) is 36.1 Å². The molecule has 0 saturated heterocycles. The molecule has 2 rings (SSSR count). The molecule has 0 saturated carbocycles. The van der Waals surface area contributed by atoms with Crippen LogP contribution in [0.2, 0.25) is 0 Å². The highest BCUT2D eigenvalue weighted by Crippen LogP contribution is 2.13. The van der Waals surface area contributed by atoms with Crippen molar-refractivity contribution < 1.29 is 9.53 Å². The largest absolute Gasteiger partial charge is 0.492 e. The van der Waals surface area contributed by atoms with Crippen molar-refractivity contribution in [2.75, 3.05) is 19.7 Å². The second-order valence-electron chi connectivity index (χ2n) is 5.27. The molecule has 2 amide bonds. The summed E-state index contributed by atoms with van der Waals surface area (Å²) in [7, 11) is 0. The Labute approximate surface area is 137 Å². The highest BCUT2D eigenvalue weighted by Gasteiger charge is 2.00. The van der Waals surface area contributed by atoms with Crippen molar-refractivity contribution in [3.8, 4) is 5.75 Å². The number of carbonyl (C=O) groups excluding carboxylic acids is 1. The van der Waals surface area contributed by atoms with Gasteiger partial charge in [0.05, 0.1) is 6.54 Å². The first-order valence-corrected chi connectivity index (χ1v) is 8.05. The van der Waals surface area contributed by atoms with E-state index >= 15 is 0 Å². The van der Waals surface area contributed by atoms with Crippen molar-refractivity contribution in [1.82, 2.24) is 10.6 Å². The van der Waals surface area contributed by atoms with E-state index in [1.807, 2.05) is 36.4 Å². The third-order valence-corrected chi connectivity index (χ3v) is 3.51. The molecule has 0 bridgehead atoms. The van der Waals surface area contributed by atoms with Crippen LogP contribution in [0.4, 0.5) is 4.79 Å². The van der Waals surface area contributed by atoms with E-state index in [9.17, 15) is 4.79 Å². The molecule has 0 spiro atoms. The van der Waals surface area contributed by atoms with E-state index in [0.717, 1.165) is 18.6 Å². The summed E-state index contributed by atoms with van der Waals surface area (Å²) in [5.41, 5.74) is 2.46. The monoisotopic (exact) mass is 312 g/mol. The molecular formula is C19H24N2O2. The maximum Gasteiger partial charge on any atom is 0.314 e. The summed E-state index contributed by atoms with van der Waals surface area (Å²) in [5.74, 6) is 0.843. The first kappa shape index (κ1) is 16.9. The van der Waals surface area contributed by atoms with Gasteiger partial charge in [0.25, 0.3) is 0 Å². The van der Waals surface area contributed by atoms with E-state index in [0.29, 0.717) is 19.7 Å². The Morgan fingerprint density at radius 2 is 1.70 bits per heavy atom. The Hall–Kier alpha value is -2.49. The molecule has 0 aliphatic heterocycles. The van der Waals surface area contributed by atoms with Gasteiger partial charge in [-0.25, -0.2) is 4.79 Å². The summed E-state index contributed by atoms with van der Waals surface area (Å²) in [6.07, 6.45) is 1.81. The minimum absolute atomic E-state index is 0.160. The lowest BCUT2D eigenvalue weighted by Crippen LogP contribution is -2.38. The van der Waals surface area contributed by atoms with E-state index in [4.69, 9.17) is 4.74 Å². The number of rotatable bonds is 8. The van der Waals surface area contributed by atoms with Crippen LogP contribution in [0.3, 0.4) is 0 Å². The lowest BCUT2D eigenvalue weighted by Gasteiger charge is -2.10.